The second kappa shape index (κ2) is 8.47. The maximum Gasteiger partial charge on any atom is 0.271 e. The Morgan fingerprint density at radius 1 is 1.28 bits per heavy atom. The molecule has 25 heavy (non-hydrogen) atoms. The summed E-state index contributed by atoms with van der Waals surface area (Å²) in [6, 6.07) is 14.4. The van der Waals surface area contributed by atoms with Gasteiger partial charge in [-0.2, -0.15) is 5.26 Å². The van der Waals surface area contributed by atoms with E-state index < -0.39 is 10.8 Å². The van der Waals surface area contributed by atoms with Gasteiger partial charge in [0.1, 0.15) is 11.6 Å². The molecule has 2 N–H and O–H groups in total. The third-order valence-electron chi connectivity index (χ3n) is 3.15. The fourth-order valence-corrected chi connectivity index (χ4v) is 2.04. The van der Waals surface area contributed by atoms with Gasteiger partial charge in [-0.25, -0.2) is 0 Å². The van der Waals surface area contributed by atoms with E-state index in [0.29, 0.717) is 11.6 Å². The van der Waals surface area contributed by atoms with Gasteiger partial charge in [0.2, 0.25) is 0 Å². The second-order valence-corrected chi connectivity index (χ2v) is 5.38. The summed E-state index contributed by atoms with van der Waals surface area (Å²) < 4.78 is 0. The van der Waals surface area contributed by atoms with E-state index >= 15 is 0 Å². The number of carbonyl (C=O) groups is 1. The smallest absolute Gasteiger partial charge is 0.271 e. The maximum atomic E-state index is 12.1. The highest BCUT2D eigenvalue weighted by Crippen LogP contribution is 2.17. The van der Waals surface area contributed by atoms with Crippen LogP contribution >= 0.6 is 11.6 Å². The Balaban J connectivity index is 2.00. The highest BCUT2D eigenvalue weighted by atomic mass is 35.5. The Labute approximate surface area is 148 Å². The van der Waals surface area contributed by atoms with Gasteiger partial charge in [-0.1, -0.05) is 29.8 Å². The number of non-ortho nitro benzene ring substituents is 1. The number of nitrogens with zero attached hydrogens (tertiary/aromatic N) is 2. The molecule has 0 heterocycles. The first-order valence-corrected chi connectivity index (χ1v) is 7.51. The number of hydrogen-bond donors (Lipinski definition) is 2. The van der Waals surface area contributed by atoms with E-state index in [9.17, 15) is 14.9 Å². The van der Waals surface area contributed by atoms with E-state index in [1.165, 1.54) is 30.5 Å². The Morgan fingerprint density at radius 2 is 2.00 bits per heavy atom. The molecule has 2 aromatic carbocycles. The molecule has 0 spiro atoms. The van der Waals surface area contributed by atoms with Crippen molar-refractivity contribution in [3.05, 3.63) is 81.0 Å². The van der Waals surface area contributed by atoms with Gasteiger partial charge in [0.25, 0.3) is 11.6 Å². The molecule has 2 aromatic rings. The lowest BCUT2D eigenvalue weighted by molar-refractivity contribution is -0.384. The van der Waals surface area contributed by atoms with Crippen molar-refractivity contribution in [1.82, 2.24) is 5.32 Å². The molecule has 0 aliphatic heterocycles. The number of nitriles is 1. The number of amides is 1. The van der Waals surface area contributed by atoms with E-state index in [2.05, 4.69) is 10.6 Å². The van der Waals surface area contributed by atoms with Crippen molar-refractivity contribution >= 4 is 28.9 Å². The lowest BCUT2D eigenvalue weighted by Gasteiger charge is -2.05. The zero-order valence-corrected chi connectivity index (χ0v) is 13.7. The average molecular weight is 357 g/mol. The van der Waals surface area contributed by atoms with Crippen LogP contribution in [0, 0.1) is 21.4 Å². The minimum Gasteiger partial charge on any atom is -0.386 e. The average Bonchev–Trinajstić information content (AvgIpc) is 2.60. The summed E-state index contributed by atoms with van der Waals surface area (Å²) in [6.45, 7) is 0.409. The number of nitro groups is 1. The van der Waals surface area contributed by atoms with E-state index in [4.69, 9.17) is 16.9 Å². The van der Waals surface area contributed by atoms with Crippen molar-refractivity contribution in [2.75, 3.05) is 5.32 Å². The first kappa shape index (κ1) is 18.0. The molecular weight excluding hydrogens is 344 g/mol. The molecule has 0 saturated heterocycles. The number of benzene rings is 2. The van der Waals surface area contributed by atoms with Crippen LogP contribution in [0.2, 0.25) is 5.02 Å². The Bertz CT molecular complexity index is 857. The van der Waals surface area contributed by atoms with Crippen LogP contribution in [-0.2, 0) is 11.3 Å². The molecule has 8 heteroatoms. The van der Waals surface area contributed by atoms with Crippen molar-refractivity contribution in [3.63, 3.8) is 0 Å². The van der Waals surface area contributed by atoms with Gasteiger partial charge in [0.15, 0.2) is 0 Å². The van der Waals surface area contributed by atoms with Gasteiger partial charge in [-0.3, -0.25) is 14.9 Å². The van der Waals surface area contributed by atoms with Crippen molar-refractivity contribution in [3.8, 4) is 6.07 Å². The summed E-state index contributed by atoms with van der Waals surface area (Å²) in [6.07, 6.45) is 1.29. The van der Waals surface area contributed by atoms with Gasteiger partial charge in [0.05, 0.1) is 4.92 Å². The first-order chi connectivity index (χ1) is 12.0. The van der Waals surface area contributed by atoms with E-state index in [1.54, 1.807) is 18.2 Å². The number of halogens is 1. The molecule has 2 rings (SSSR count). The summed E-state index contributed by atoms with van der Waals surface area (Å²) in [4.78, 5) is 22.3. The predicted octanol–water partition coefficient (Wildman–Crippen LogP) is 3.38. The van der Waals surface area contributed by atoms with Crippen LogP contribution in [-0.4, -0.2) is 10.8 Å². The molecule has 0 aliphatic rings. The topological polar surface area (TPSA) is 108 Å². The second-order valence-electron chi connectivity index (χ2n) is 4.94. The van der Waals surface area contributed by atoms with Gasteiger partial charge >= 0.3 is 0 Å². The normalized spacial score (nSPS) is 10.6. The number of rotatable bonds is 6. The third-order valence-corrected chi connectivity index (χ3v) is 3.40. The maximum absolute atomic E-state index is 12.1. The molecule has 0 aromatic heterocycles. The summed E-state index contributed by atoms with van der Waals surface area (Å²) in [5, 5.41) is 25.8. The molecular formula is C17H13ClN4O3. The van der Waals surface area contributed by atoms with Crippen LogP contribution in [0.5, 0.6) is 0 Å². The van der Waals surface area contributed by atoms with Crippen LogP contribution < -0.4 is 10.6 Å². The van der Waals surface area contributed by atoms with Crippen molar-refractivity contribution in [2.24, 2.45) is 0 Å². The number of nitrogens with one attached hydrogen (secondary N) is 2. The Kier molecular flexibility index (Phi) is 6.09. The minimum atomic E-state index is -0.661. The number of nitro benzene ring substituents is 1. The summed E-state index contributed by atoms with van der Waals surface area (Å²) in [5.74, 6) is -0.661. The van der Waals surface area contributed by atoms with Crippen LogP contribution in [0.15, 0.2) is 60.3 Å². The first-order valence-electron chi connectivity index (χ1n) is 7.13. The van der Waals surface area contributed by atoms with Crippen LogP contribution in [0.25, 0.3) is 0 Å². The molecule has 0 unspecified atom stereocenters. The molecule has 7 nitrogen and oxygen atoms in total. The fraction of sp³-hybridized carbons (Fsp3) is 0.0588. The molecule has 0 radical (unpaired) electrons. The van der Waals surface area contributed by atoms with E-state index in [0.717, 1.165) is 5.56 Å². The molecule has 0 saturated carbocycles. The summed E-state index contributed by atoms with van der Waals surface area (Å²) in [5.41, 5.74) is 0.858. The monoisotopic (exact) mass is 356 g/mol. The lowest BCUT2D eigenvalue weighted by Crippen LogP contribution is -2.16. The quantitative estimate of drug-likeness (QED) is 0.357. The zero-order chi connectivity index (χ0) is 18.2. The zero-order valence-electron chi connectivity index (χ0n) is 12.9. The SMILES string of the molecule is N#C/C(=C/NCc1ccc(Cl)cc1)C(=O)Nc1cccc([N+](=O)[O-])c1. The third kappa shape index (κ3) is 5.34. The molecule has 0 bridgehead atoms. The highest BCUT2D eigenvalue weighted by Gasteiger charge is 2.11. The van der Waals surface area contributed by atoms with Crippen LogP contribution in [0.4, 0.5) is 11.4 Å². The van der Waals surface area contributed by atoms with Crippen LogP contribution in [0.3, 0.4) is 0 Å². The molecule has 0 aliphatic carbocycles. The van der Waals surface area contributed by atoms with Crippen LogP contribution in [0.1, 0.15) is 5.56 Å². The molecule has 1 amide bonds. The minimum absolute atomic E-state index is 0.152. The number of anilines is 1. The van der Waals surface area contributed by atoms with Crippen molar-refractivity contribution in [1.29, 1.82) is 5.26 Å². The van der Waals surface area contributed by atoms with Gasteiger partial charge in [-0.15, -0.1) is 0 Å². The Morgan fingerprint density at radius 3 is 2.64 bits per heavy atom. The van der Waals surface area contributed by atoms with Crippen molar-refractivity contribution < 1.29 is 9.72 Å². The van der Waals surface area contributed by atoms with E-state index in [1.807, 2.05) is 12.1 Å². The van der Waals surface area contributed by atoms with Gasteiger partial charge in [0, 0.05) is 35.6 Å². The molecule has 0 atom stereocenters. The highest BCUT2D eigenvalue weighted by molar-refractivity contribution is 6.30. The fourth-order valence-electron chi connectivity index (χ4n) is 1.92. The van der Waals surface area contributed by atoms with Gasteiger partial charge in [-0.05, 0) is 23.8 Å². The standard InChI is InChI=1S/C17H13ClN4O3/c18-14-6-4-12(5-7-14)10-20-11-13(9-19)17(23)21-15-2-1-3-16(8-15)22(24)25/h1-8,11,20H,10H2,(H,21,23)/b13-11-. The summed E-state index contributed by atoms with van der Waals surface area (Å²) in [7, 11) is 0. The lowest BCUT2D eigenvalue weighted by atomic mass is 10.2. The summed E-state index contributed by atoms with van der Waals surface area (Å²) >= 11 is 5.80. The predicted molar refractivity (Wildman–Crippen MR) is 93.7 cm³/mol. The Hall–Kier alpha value is -3.37. The largest absolute Gasteiger partial charge is 0.386 e. The van der Waals surface area contributed by atoms with E-state index in [-0.39, 0.29) is 16.9 Å². The number of carbonyl (C=O) groups excluding carboxylic acids is 1. The van der Waals surface area contributed by atoms with Crippen molar-refractivity contribution in [2.45, 2.75) is 6.54 Å². The number of hydrogen-bond acceptors (Lipinski definition) is 5. The molecule has 0 fully saturated rings. The van der Waals surface area contributed by atoms with Gasteiger partial charge < -0.3 is 10.6 Å². The molecule has 126 valence electrons.